The number of Topliss-reactive ketones (excluding diaryl/α,β-unsaturated/α-hetero) is 1. The Balaban J connectivity index is 1.98. The van der Waals surface area contributed by atoms with Gasteiger partial charge in [0, 0.05) is 24.9 Å². The Kier molecular flexibility index (Phi) is 3.00. The summed E-state index contributed by atoms with van der Waals surface area (Å²) in [5.41, 5.74) is -1.62. The van der Waals surface area contributed by atoms with Gasteiger partial charge >= 0.3 is 5.97 Å². The maximum Gasteiger partial charge on any atom is 0.321 e. The fraction of sp³-hybridized carbons (Fsp3) is 0.824. The molecule has 6 nitrogen and oxygen atoms in total. The molecule has 3 aliphatic carbocycles. The Morgan fingerprint density at radius 2 is 2.09 bits per heavy atom. The number of hydrogen-bond acceptors (Lipinski definition) is 5. The predicted octanol–water partition coefficient (Wildman–Crippen LogP) is 0.517. The van der Waals surface area contributed by atoms with E-state index in [-0.39, 0.29) is 23.1 Å². The molecule has 0 radical (unpaired) electrons. The van der Waals surface area contributed by atoms with E-state index in [0.29, 0.717) is 25.8 Å². The van der Waals surface area contributed by atoms with Crippen LogP contribution in [-0.2, 0) is 19.1 Å². The third kappa shape index (κ3) is 1.42. The number of carbonyl (C=O) groups is 3. The summed E-state index contributed by atoms with van der Waals surface area (Å²) in [4.78, 5) is 40.1. The van der Waals surface area contributed by atoms with Gasteiger partial charge < -0.3 is 14.7 Å². The number of nitrogens with zero attached hydrogens (tertiary/aromatic N) is 1. The van der Waals surface area contributed by atoms with Gasteiger partial charge in [-0.3, -0.25) is 14.4 Å². The molecular weight excluding hydrogens is 298 g/mol. The number of ketones is 1. The highest BCUT2D eigenvalue weighted by molar-refractivity contribution is 6.05. The first-order valence-electron chi connectivity index (χ1n) is 8.56. The van der Waals surface area contributed by atoms with Crippen LogP contribution in [0.1, 0.15) is 39.0 Å². The smallest absolute Gasteiger partial charge is 0.321 e. The molecule has 0 aromatic carbocycles. The Bertz CT molecular complexity index is 604. The molecule has 1 saturated heterocycles. The van der Waals surface area contributed by atoms with Crippen LogP contribution in [0.5, 0.6) is 0 Å². The van der Waals surface area contributed by atoms with E-state index < -0.39 is 29.3 Å². The maximum atomic E-state index is 13.2. The van der Waals surface area contributed by atoms with Crippen molar-refractivity contribution in [1.82, 2.24) is 4.90 Å². The SMILES string of the molecule is CCN1C(=O)[C@]2(C(=O)OC)CCC[C@@]34CCC(=O)C(C(O)[C@@H]23)[C@@H]14. The van der Waals surface area contributed by atoms with Crippen LogP contribution in [0.25, 0.3) is 0 Å². The average molecular weight is 321 g/mol. The minimum atomic E-state index is -1.31. The van der Waals surface area contributed by atoms with Gasteiger partial charge in [0.2, 0.25) is 5.91 Å². The van der Waals surface area contributed by atoms with Gasteiger partial charge in [0.1, 0.15) is 5.78 Å². The van der Waals surface area contributed by atoms with Gasteiger partial charge in [0.25, 0.3) is 0 Å². The first-order valence-corrected chi connectivity index (χ1v) is 8.56. The van der Waals surface area contributed by atoms with E-state index in [2.05, 4.69) is 0 Å². The van der Waals surface area contributed by atoms with Gasteiger partial charge in [-0.15, -0.1) is 0 Å². The van der Waals surface area contributed by atoms with Crippen molar-refractivity contribution in [3.63, 3.8) is 0 Å². The van der Waals surface area contributed by atoms with Crippen molar-refractivity contribution in [3.05, 3.63) is 0 Å². The van der Waals surface area contributed by atoms with E-state index in [4.69, 9.17) is 4.74 Å². The summed E-state index contributed by atoms with van der Waals surface area (Å²) in [7, 11) is 1.30. The molecule has 1 N–H and O–H groups in total. The summed E-state index contributed by atoms with van der Waals surface area (Å²) in [6, 6.07) is -0.251. The molecule has 1 aliphatic heterocycles. The monoisotopic (exact) mass is 321 g/mol. The van der Waals surface area contributed by atoms with Crippen molar-refractivity contribution in [2.45, 2.75) is 51.2 Å². The predicted molar refractivity (Wildman–Crippen MR) is 79.1 cm³/mol. The lowest BCUT2D eigenvalue weighted by atomic mass is 9.49. The van der Waals surface area contributed by atoms with Crippen LogP contribution in [0.3, 0.4) is 0 Å². The van der Waals surface area contributed by atoms with Gasteiger partial charge in [0.15, 0.2) is 5.41 Å². The zero-order chi connectivity index (χ0) is 16.6. The maximum absolute atomic E-state index is 13.2. The van der Waals surface area contributed by atoms with E-state index in [9.17, 15) is 19.5 Å². The summed E-state index contributed by atoms with van der Waals surface area (Å²) < 4.78 is 5.02. The Labute approximate surface area is 135 Å². The Morgan fingerprint density at radius 1 is 1.35 bits per heavy atom. The highest BCUT2D eigenvalue weighted by Gasteiger charge is 2.79. The topological polar surface area (TPSA) is 83.9 Å². The van der Waals surface area contributed by atoms with Crippen LogP contribution in [0.15, 0.2) is 0 Å². The quantitative estimate of drug-likeness (QED) is 0.592. The number of aliphatic hydroxyl groups excluding tert-OH is 1. The molecule has 3 saturated carbocycles. The Hall–Kier alpha value is -1.43. The molecule has 6 heteroatoms. The fourth-order valence-electron chi connectivity index (χ4n) is 6.50. The van der Waals surface area contributed by atoms with Crippen LogP contribution in [-0.4, -0.2) is 53.5 Å². The minimum Gasteiger partial charge on any atom is -0.468 e. The zero-order valence-electron chi connectivity index (χ0n) is 13.6. The highest BCUT2D eigenvalue weighted by Crippen LogP contribution is 2.70. The number of esters is 1. The number of rotatable bonds is 2. The summed E-state index contributed by atoms with van der Waals surface area (Å²) in [5.74, 6) is -1.76. The lowest BCUT2D eigenvalue weighted by Gasteiger charge is -2.60. The van der Waals surface area contributed by atoms with Crippen molar-refractivity contribution in [1.29, 1.82) is 0 Å². The van der Waals surface area contributed by atoms with Crippen molar-refractivity contribution in [2.75, 3.05) is 13.7 Å². The molecule has 1 heterocycles. The lowest BCUT2D eigenvalue weighted by molar-refractivity contribution is -0.197. The molecule has 1 amide bonds. The second-order valence-corrected chi connectivity index (χ2v) is 7.55. The molecule has 4 fully saturated rings. The van der Waals surface area contributed by atoms with E-state index in [1.807, 2.05) is 6.92 Å². The second-order valence-electron chi connectivity index (χ2n) is 7.55. The number of carbonyl (C=O) groups excluding carboxylic acids is 3. The third-order valence-corrected chi connectivity index (χ3v) is 7.08. The van der Waals surface area contributed by atoms with Crippen LogP contribution in [0.4, 0.5) is 0 Å². The van der Waals surface area contributed by atoms with E-state index in [1.165, 1.54) is 7.11 Å². The number of likely N-dealkylation sites (tertiary alicyclic amines) is 1. The van der Waals surface area contributed by atoms with Crippen molar-refractivity contribution < 1.29 is 24.2 Å². The number of hydrogen-bond donors (Lipinski definition) is 1. The summed E-state index contributed by atoms with van der Waals surface area (Å²) in [5, 5.41) is 11.0. The summed E-state index contributed by atoms with van der Waals surface area (Å²) in [6.07, 6.45) is 2.22. The standard InChI is InChI=1S/C17H23NO5/c1-3-18-13-10-9(19)5-8-16(13)6-4-7-17(14(18)21,15(22)23-2)12(16)11(10)20/h10-13,20H,3-8H2,1-2H3/t10?,11?,12-,13-,16-,17+/m1/s1. The average Bonchev–Trinajstić information content (AvgIpc) is 2.69. The van der Waals surface area contributed by atoms with Crippen molar-refractivity contribution in [3.8, 4) is 0 Å². The molecule has 1 spiro atoms. The Morgan fingerprint density at radius 3 is 2.74 bits per heavy atom. The normalized spacial score (nSPS) is 47.7. The van der Waals surface area contributed by atoms with E-state index in [0.717, 1.165) is 12.8 Å². The summed E-state index contributed by atoms with van der Waals surface area (Å²) >= 11 is 0. The number of amides is 1. The van der Waals surface area contributed by atoms with E-state index >= 15 is 0 Å². The minimum absolute atomic E-state index is 0.0365. The van der Waals surface area contributed by atoms with Gasteiger partial charge in [-0.25, -0.2) is 0 Å². The summed E-state index contributed by atoms with van der Waals surface area (Å²) in [6.45, 7) is 2.33. The highest BCUT2D eigenvalue weighted by atomic mass is 16.5. The van der Waals surface area contributed by atoms with Crippen molar-refractivity contribution in [2.24, 2.45) is 22.7 Å². The largest absolute Gasteiger partial charge is 0.468 e. The molecule has 5 bridgehead atoms. The van der Waals surface area contributed by atoms with Gasteiger partial charge in [-0.05, 0) is 31.6 Å². The molecule has 6 atom stereocenters. The molecule has 126 valence electrons. The molecule has 4 aliphatic rings. The fourth-order valence-corrected chi connectivity index (χ4v) is 6.50. The second kappa shape index (κ2) is 4.56. The van der Waals surface area contributed by atoms with Crippen LogP contribution in [0, 0.1) is 22.7 Å². The molecular formula is C17H23NO5. The first kappa shape index (κ1) is 15.1. The van der Waals surface area contributed by atoms with Crippen LogP contribution < -0.4 is 0 Å². The van der Waals surface area contributed by atoms with E-state index in [1.54, 1.807) is 4.90 Å². The molecule has 4 rings (SSSR count). The van der Waals surface area contributed by atoms with Gasteiger partial charge in [0.05, 0.1) is 19.1 Å². The molecule has 0 aromatic rings. The number of methoxy groups -OCH3 is 1. The zero-order valence-corrected chi connectivity index (χ0v) is 13.6. The third-order valence-electron chi connectivity index (χ3n) is 7.08. The van der Waals surface area contributed by atoms with Crippen molar-refractivity contribution >= 4 is 17.7 Å². The van der Waals surface area contributed by atoms with Crippen LogP contribution >= 0.6 is 0 Å². The van der Waals surface area contributed by atoms with Crippen LogP contribution in [0.2, 0.25) is 0 Å². The lowest BCUT2D eigenvalue weighted by Crippen LogP contribution is -2.69. The number of ether oxygens (including phenoxy) is 1. The first-order chi connectivity index (χ1) is 11.0. The van der Waals surface area contributed by atoms with Gasteiger partial charge in [-0.1, -0.05) is 6.42 Å². The molecule has 23 heavy (non-hydrogen) atoms. The number of piperidine rings is 1. The number of aliphatic hydroxyl groups is 1. The van der Waals surface area contributed by atoms with Gasteiger partial charge in [-0.2, -0.15) is 0 Å². The molecule has 0 aromatic heterocycles. The molecule has 2 unspecified atom stereocenters.